The monoisotopic (exact) mass is 134 g/mol. The van der Waals surface area contributed by atoms with Gasteiger partial charge in [-0.1, -0.05) is 0 Å². The third-order valence-corrected chi connectivity index (χ3v) is 0. The van der Waals surface area contributed by atoms with Gasteiger partial charge in [0.2, 0.25) is 0 Å². The molecule has 0 aliphatic rings. The fraction of sp³-hybridized carbons (Fsp3) is 0. The summed E-state index contributed by atoms with van der Waals surface area (Å²) >= 11 is 3.02. The zero-order valence-corrected chi connectivity index (χ0v) is 5.22. The van der Waals surface area contributed by atoms with Crippen molar-refractivity contribution >= 4 is 26.3 Å². The van der Waals surface area contributed by atoms with Crippen molar-refractivity contribution in [3.8, 4) is 0 Å². The van der Waals surface area contributed by atoms with Crippen LogP contribution in [0.1, 0.15) is 0 Å². The molecule has 0 unspecified atom stereocenters. The van der Waals surface area contributed by atoms with Crippen molar-refractivity contribution < 1.29 is 18.9 Å². The van der Waals surface area contributed by atoms with Gasteiger partial charge in [0.25, 0.3) is 0 Å². The van der Waals surface area contributed by atoms with E-state index in [1.165, 1.54) is 0 Å². The molecule has 0 spiro atoms. The molecule has 0 fully saturated rings. The van der Waals surface area contributed by atoms with Crippen LogP contribution in [0.25, 0.3) is 0 Å². The third kappa shape index (κ3) is 11.1. The number of halogens is 1. The molecule has 0 aromatic carbocycles. The zero-order chi connectivity index (χ0) is 4.00. The molecule has 0 saturated carbocycles. The van der Waals surface area contributed by atoms with Crippen LogP contribution in [-0.4, -0.2) is 16.2 Å². The van der Waals surface area contributed by atoms with E-state index in [1.807, 2.05) is 0 Å². The Morgan fingerprint density at radius 3 is 1.50 bits per heavy atom. The minimum absolute atomic E-state index is 0.611. The normalized spacial score (nSPS) is 2.25. The molecule has 0 N–H and O–H groups in total. The van der Waals surface area contributed by atoms with Gasteiger partial charge in [-0.2, -0.15) is 0 Å². The Labute approximate surface area is 45.4 Å². The molecule has 0 rings (SSSR count). The van der Waals surface area contributed by atoms with Crippen LogP contribution in [0.2, 0.25) is 0 Å². The predicted molar refractivity (Wildman–Crippen MR) is 13.7 cm³/mol. The van der Waals surface area contributed by atoms with Crippen LogP contribution >= 0.6 is 10.1 Å². The van der Waals surface area contributed by atoms with Gasteiger partial charge in [-0.05, 0) is 0 Å². The summed E-state index contributed by atoms with van der Waals surface area (Å²) in [6.07, 6.45) is 0. The molecular formula is HAlClMnO. The molecule has 0 bridgehead atoms. The van der Waals surface area contributed by atoms with Crippen molar-refractivity contribution in [2.45, 2.75) is 0 Å². The summed E-state index contributed by atoms with van der Waals surface area (Å²) in [5.41, 5.74) is 0. The minimum atomic E-state index is 0.611. The third-order valence-electron chi connectivity index (χ3n) is 0. The molecule has 4 heteroatoms. The van der Waals surface area contributed by atoms with E-state index in [0.29, 0.717) is 16.2 Å². The number of hydrogen-bond donors (Lipinski definition) is 0. The van der Waals surface area contributed by atoms with Gasteiger partial charge in [-0.3, -0.25) is 0 Å². The molecule has 0 aromatic heterocycles. The summed E-state index contributed by atoms with van der Waals surface area (Å²) in [4.78, 5) is 0. The van der Waals surface area contributed by atoms with Gasteiger partial charge in [-0.15, -0.1) is 0 Å². The maximum atomic E-state index is 8.28. The van der Waals surface area contributed by atoms with Crippen LogP contribution in [-0.2, 0) is 18.9 Å². The van der Waals surface area contributed by atoms with Crippen molar-refractivity contribution in [3.05, 3.63) is 0 Å². The molecule has 0 amide bonds. The van der Waals surface area contributed by atoms with E-state index >= 15 is 0 Å². The predicted octanol–water partition coefficient (Wildman–Crippen LogP) is -0.0803. The van der Waals surface area contributed by atoms with Crippen molar-refractivity contribution in [2.75, 3.05) is 0 Å². The number of hydrogen-bond acceptors (Lipinski definition) is 1. The van der Waals surface area contributed by atoms with Crippen molar-refractivity contribution in [1.29, 1.82) is 0 Å². The van der Waals surface area contributed by atoms with Crippen LogP contribution in [0.3, 0.4) is 0 Å². The van der Waals surface area contributed by atoms with Gasteiger partial charge in [0.15, 0.2) is 0 Å². The van der Waals surface area contributed by atoms with Gasteiger partial charge >= 0.3 is 45.2 Å². The SMILES string of the molecule is [Cl][Mn].[O]=[AlH]. The maximum absolute atomic E-state index is 8.28. The first-order chi connectivity index (χ1) is 2.00. The van der Waals surface area contributed by atoms with Gasteiger partial charge in [0.1, 0.15) is 0 Å². The molecule has 0 aromatic rings. The molecule has 0 aliphatic carbocycles. The Balaban J connectivity index is 0. The summed E-state index contributed by atoms with van der Waals surface area (Å²) in [6.45, 7) is 0. The molecule has 24 valence electrons. The van der Waals surface area contributed by atoms with Crippen molar-refractivity contribution in [3.63, 3.8) is 0 Å². The Kier molecular flexibility index (Phi) is 70.0. The second-order valence-electron chi connectivity index (χ2n) is 0. The quantitative estimate of drug-likeness (QED) is 0.424. The van der Waals surface area contributed by atoms with Crippen molar-refractivity contribution in [1.82, 2.24) is 0 Å². The second kappa shape index (κ2) is 31.4. The van der Waals surface area contributed by atoms with E-state index in [9.17, 15) is 0 Å². The molecule has 4 heavy (non-hydrogen) atoms. The molecule has 0 aliphatic heterocycles. The second-order valence-corrected chi connectivity index (χ2v) is 0. The van der Waals surface area contributed by atoms with Gasteiger partial charge in [-0.25, -0.2) is 0 Å². The average molecular weight is 134 g/mol. The van der Waals surface area contributed by atoms with E-state index in [2.05, 4.69) is 25.2 Å². The Morgan fingerprint density at radius 1 is 1.50 bits per heavy atom. The van der Waals surface area contributed by atoms with Crippen LogP contribution in [0.15, 0.2) is 0 Å². The molecule has 1 nitrogen and oxygen atoms in total. The fourth-order valence-corrected chi connectivity index (χ4v) is 0. The molecule has 0 saturated heterocycles. The molecular weight excluding hydrogens is 133 g/mol. The summed E-state index contributed by atoms with van der Waals surface area (Å²) in [5, 5.41) is 0. The first-order valence-corrected chi connectivity index (χ1v) is 2.63. The Bertz CT molecular complexity index is 8.00. The summed E-state index contributed by atoms with van der Waals surface area (Å²) in [6, 6.07) is 0. The Hall–Kier alpha value is 1.14. The summed E-state index contributed by atoms with van der Waals surface area (Å²) in [5.74, 6) is 0. The van der Waals surface area contributed by atoms with Gasteiger partial charge in [0.05, 0.1) is 0 Å². The molecule has 0 atom stereocenters. The zero-order valence-electron chi connectivity index (χ0n) is 1.87. The van der Waals surface area contributed by atoms with E-state index in [-0.39, 0.29) is 0 Å². The van der Waals surface area contributed by atoms with Crippen LogP contribution in [0, 0.1) is 0 Å². The average Bonchev–Trinajstić information content (AvgIpc) is 1.50. The first kappa shape index (κ1) is 8.94. The fourth-order valence-electron chi connectivity index (χ4n) is 0. The molecule has 0 heterocycles. The standard InChI is InChI=1S/Al.ClH.Mn.O.H/h;1H;;;/q;;+1;;/p-1. The van der Waals surface area contributed by atoms with E-state index in [1.54, 1.807) is 0 Å². The van der Waals surface area contributed by atoms with E-state index < -0.39 is 0 Å². The topological polar surface area (TPSA) is 17.1 Å². The van der Waals surface area contributed by atoms with Crippen LogP contribution in [0.4, 0.5) is 0 Å². The van der Waals surface area contributed by atoms with Crippen molar-refractivity contribution in [2.24, 2.45) is 0 Å². The van der Waals surface area contributed by atoms with Gasteiger partial charge < -0.3 is 0 Å². The van der Waals surface area contributed by atoms with Crippen LogP contribution < -0.4 is 0 Å². The van der Waals surface area contributed by atoms with Gasteiger partial charge in [0, 0.05) is 0 Å². The summed E-state index contributed by atoms with van der Waals surface area (Å²) in [7, 11) is 4.45. The first-order valence-electron chi connectivity index (χ1n) is 0.432. The number of rotatable bonds is 0. The Morgan fingerprint density at radius 2 is 1.50 bits per heavy atom. The van der Waals surface area contributed by atoms with E-state index in [0.717, 1.165) is 0 Å². The van der Waals surface area contributed by atoms with Crippen LogP contribution in [0.5, 0.6) is 0 Å². The summed E-state index contributed by atoms with van der Waals surface area (Å²) < 4.78 is 8.28. The molecule has 0 radical (unpaired) electrons. The van der Waals surface area contributed by atoms with E-state index in [4.69, 9.17) is 3.80 Å².